The highest BCUT2D eigenvalue weighted by Gasteiger charge is 2.08. The predicted molar refractivity (Wildman–Crippen MR) is 126 cm³/mol. The topological polar surface area (TPSA) is 0 Å². The minimum atomic E-state index is 0.636. The summed E-state index contributed by atoms with van der Waals surface area (Å²) < 4.78 is 0. The Bertz CT molecular complexity index is 636. The normalized spacial score (nSPS) is 13.4. The van der Waals surface area contributed by atoms with Crippen molar-refractivity contribution >= 4 is 0 Å². The molecule has 0 aliphatic heterocycles. The Balaban J connectivity index is 2.04. The average molecular weight is 377 g/mol. The summed E-state index contributed by atoms with van der Waals surface area (Å²) in [4.78, 5) is 0. The lowest BCUT2D eigenvalue weighted by Gasteiger charge is -2.16. The zero-order chi connectivity index (χ0) is 20.5. The van der Waals surface area contributed by atoms with Crippen LogP contribution in [0.4, 0.5) is 0 Å². The highest BCUT2D eigenvalue weighted by atomic mass is 14.1. The third kappa shape index (κ3) is 13.2. The Morgan fingerprint density at radius 3 is 2.43 bits per heavy atom. The highest BCUT2D eigenvalue weighted by molar-refractivity contribution is 5.15. The molecule has 0 saturated carbocycles. The Morgan fingerprint density at radius 2 is 1.71 bits per heavy atom. The summed E-state index contributed by atoms with van der Waals surface area (Å²) in [5, 5.41) is 0. The Labute approximate surface area is 174 Å². The number of aryl methyl sites for hydroxylation is 1. The van der Waals surface area contributed by atoms with Gasteiger partial charge in [-0.15, -0.1) is 18.4 Å². The summed E-state index contributed by atoms with van der Waals surface area (Å²) in [5.41, 5.74) is 2.72. The summed E-state index contributed by atoms with van der Waals surface area (Å²) in [6.07, 6.45) is 19.3. The van der Waals surface area contributed by atoms with Gasteiger partial charge in [0.2, 0.25) is 0 Å². The van der Waals surface area contributed by atoms with Crippen LogP contribution in [0.15, 0.2) is 66.8 Å². The molecule has 0 saturated heterocycles. The van der Waals surface area contributed by atoms with Crippen molar-refractivity contribution in [3.05, 3.63) is 72.4 Å². The number of benzene rings is 1. The minimum absolute atomic E-state index is 0.636. The van der Waals surface area contributed by atoms with Gasteiger partial charge < -0.3 is 0 Å². The lowest BCUT2D eigenvalue weighted by Crippen LogP contribution is -2.05. The number of hydrogen-bond acceptors (Lipinski definition) is 0. The third-order valence-electron chi connectivity index (χ3n) is 5.23. The molecule has 0 aromatic heterocycles. The van der Waals surface area contributed by atoms with Gasteiger partial charge in [0.25, 0.3) is 0 Å². The van der Waals surface area contributed by atoms with Gasteiger partial charge in [0.15, 0.2) is 0 Å². The molecule has 0 heteroatoms. The fraction of sp³-hybridized carbons (Fsp3) is 0.500. The van der Waals surface area contributed by atoms with Crippen LogP contribution in [0.1, 0.15) is 77.7 Å². The predicted octanol–water partition coefficient (Wildman–Crippen LogP) is 8.31. The molecule has 152 valence electrons. The van der Waals surface area contributed by atoms with E-state index in [-0.39, 0.29) is 0 Å². The largest absolute Gasteiger partial charge is 0.103 e. The van der Waals surface area contributed by atoms with Crippen LogP contribution in [-0.4, -0.2) is 0 Å². The fourth-order valence-electron chi connectivity index (χ4n) is 3.10. The first kappa shape index (κ1) is 24.0. The van der Waals surface area contributed by atoms with Crippen LogP contribution in [0.2, 0.25) is 0 Å². The molecule has 0 radical (unpaired) electrons. The molecular weight excluding hydrogens is 336 g/mol. The summed E-state index contributed by atoms with van der Waals surface area (Å²) in [5.74, 6) is 8.00. The van der Waals surface area contributed by atoms with Gasteiger partial charge >= 0.3 is 0 Å². The van der Waals surface area contributed by atoms with Crippen molar-refractivity contribution in [2.24, 2.45) is 11.8 Å². The van der Waals surface area contributed by atoms with Gasteiger partial charge in [-0.3, -0.25) is 0 Å². The van der Waals surface area contributed by atoms with E-state index in [1.54, 1.807) is 0 Å². The number of unbranched alkanes of at least 4 members (excludes halogenated alkanes) is 3. The Hall–Kier alpha value is -2.00. The van der Waals surface area contributed by atoms with Crippen molar-refractivity contribution < 1.29 is 0 Å². The quantitative estimate of drug-likeness (QED) is 0.140. The van der Waals surface area contributed by atoms with Crippen molar-refractivity contribution in [3.63, 3.8) is 0 Å². The van der Waals surface area contributed by atoms with Crippen molar-refractivity contribution in [1.29, 1.82) is 0 Å². The molecule has 0 fully saturated rings. The molecule has 0 nitrogen and oxygen atoms in total. The van der Waals surface area contributed by atoms with Gasteiger partial charge in [-0.25, -0.2) is 0 Å². The van der Waals surface area contributed by atoms with Crippen LogP contribution in [0.3, 0.4) is 0 Å². The van der Waals surface area contributed by atoms with E-state index < -0.39 is 0 Å². The molecule has 0 amide bonds. The van der Waals surface area contributed by atoms with E-state index in [9.17, 15) is 0 Å². The molecule has 0 heterocycles. The summed E-state index contributed by atoms with van der Waals surface area (Å²) in [6.45, 7) is 10.8. The van der Waals surface area contributed by atoms with Gasteiger partial charge in [0.05, 0.1) is 0 Å². The summed E-state index contributed by atoms with van der Waals surface area (Å²) in [6, 6.07) is 10.7. The Kier molecular flexibility index (Phi) is 13.7. The molecule has 0 N–H and O–H groups in total. The van der Waals surface area contributed by atoms with Crippen LogP contribution >= 0.6 is 0 Å². The molecule has 0 spiro atoms. The van der Waals surface area contributed by atoms with E-state index in [0.717, 1.165) is 50.9 Å². The van der Waals surface area contributed by atoms with Crippen LogP contribution in [0, 0.1) is 23.7 Å². The van der Waals surface area contributed by atoms with E-state index in [1.807, 2.05) is 0 Å². The maximum atomic E-state index is 3.99. The molecule has 2 atom stereocenters. The molecule has 0 aliphatic carbocycles. The van der Waals surface area contributed by atoms with E-state index in [2.05, 4.69) is 93.8 Å². The maximum absolute atomic E-state index is 3.99. The SMILES string of the molecule is C=C(C)CCCC(C)C(C)/C=C/C=C/CCCC#CCCCc1ccccc1. The molecule has 1 aromatic carbocycles. The third-order valence-corrected chi connectivity index (χ3v) is 5.23. The second-order valence-corrected chi connectivity index (χ2v) is 8.08. The number of allylic oxidation sites excluding steroid dienone is 5. The lowest BCUT2D eigenvalue weighted by atomic mass is 9.90. The molecule has 28 heavy (non-hydrogen) atoms. The minimum Gasteiger partial charge on any atom is -0.103 e. The number of hydrogen-bond donors (Lipinski definition) is 0. The molecule has 2 unspecified atom stereocenters. The van der Waals surface area contributed by atoms with E-state index in [1.165, 1.54) is 24.0 Å². The second kappa shape index (κ2) is 16.0. The van der Waals surface area contributed by atoms with Crippen LogP contribution in [-0.2, 0) is 6.42 Å². The van der Waals surface area contributed by atoms with Crippen molar-refractivity contribution in [1.82, 2.24) is 0 Å². The molecule has 0 bridgehead atoms. The summed E-state index contributed by atoms with van der Waals surface area (Å²) in [7, 11) is 0. The van der Waals surface area contributed by atoms with Crippen molar-refractivity contribution in [2.45, 2.75) is 78.6 Å². The standard InChI is InChI=1S/C28H40/c1-25(2)19-18-21-27(4)26(3)20-14-11-9-7-5-6-8-10-12-15-22-28-23-16-13-17-24-28/h9,11,13-14,16-17,20,23-24,26-27H,1,5-7,12,15,18-19,21-22H2,2-4H3/b11-9+,20-14+. The van der Waals surface area contributed by atoms with Gasteiger partial charge in [0, 0.05) is 12.8 Å². The van der Waals surface area contributed by atoms with Crippen molar-refractivity contribution in [3.8, 4) is 11.8 Å². The van der Waals surface area contributed by atoms with E-state index >= 15 is 0 Å². The first-order valence-corrected chi connectivity index (χ1v) is 11.1. The second-order valence-electron chi connectivity index (χ2n) is 8.08. The van der Waals surface area contributed by atoms with Crippen LogP contribution < -0.4 is 0 Å². The van der Waals surface area contributed by atoms with Crippen LogP contribution in [0.5, 0.6) is 0 Å². The maximum Gasteiger partial charge on any atom is 0.00918 e. The lowest BCUT2D eigenvalue weighted by molar-refractivity contribution is 0.415. The van der Waals surface area contributed by atoms with E-state index in [0.29, 0.717) is 5.92 Å². The summed E-state index contributed by atoms with van der Waals surface area (Å²) >= 11 is 0. The van der Waals surface area contributed by atoms with Gasteiger partial charge in [-0.2, -0.15) is 0 Å². The molecule has 0 aliphatic rings. The molecule has 1 aromatic rings. The zero-order valence-corrected chi connectivity index (χ0v) is 18.4. The van der Waals surface area contributed by atoms with Gasteiger partial charge in [0.1, 0.15) is 0 Å². The van der Waals surface area contributed by atoms with Gasteiger partial charge in [-0.05, 0) is 69.3 Å². The monoisotopic (exact) mass is 376 g/mol. The average Bonchev–Trinajstić information content (AvgIpc) is 2.69. The zero-order valence-electron chi connectivity index (χ0n) is 18.4. The van der Waals surface area contributed by atoms with Crippen LogP contribution in [0.25, 0.3) is 0 Å². The highest BCUT2D eigenvalue weighted by Crippen LogP contribution is 2.20. The first-order chi connectivity index (χ1) is 13.6. The Morgan fingerprint density at radius 1 is 1.00 bits per heavy atom. The molecule has 1 rings (SSSR count). The van der Waals surface area contributed by atoms with Crippen molar-refractivity contribution in [2.75, 3.05) is 0 Å². The van der Waals surface area contributed by atoms with Gasteiger partial charge in [-0.1, -0.05) is 74.1 Å². The first-order valence-electron chi connectivity index (χ1n) is 11.1. The smallest absolute Gasteiger partial charge is 0.00918 e. The van der Waals surface area contributed by atoms with E-state index in [4.69, 9.17) is 0 Å². The fourth-order valence-corrected chi connectivity index (χ4v) is 3.10. The molecular formula is C28H40. The number of rotatable bonds is 13.